The van der Waals surface area contributed by atoms with Gasteiger partial charge in [0.05, 0.1) is 4.92 Å². The lowest BCUT2D eigenvalue weighted by Crippen LogP contribution is -2.28. The number of rotatable bonds is 5. The van der Waals surface area contributed by atoms with Crippen LogP contribution in [0.4, 0.5) is 11.4 Å². The number of anilines is 1. The van der Waals surface area contributed by atoms with E-state index in [9.17, 15) is 14.9 Å². The van der Waals surface area contributed by atoms with Gasteiger partial charge in [-0.05, 0) is 19.2 Å². The molecule has 1 amide bonds. The van der Waals surface area contributed by atoms with Crippen LogP contribution in [0.5, 0.6) is 0 Å². The molecule has 1 atom stereocenters. The van der Waals surface area contributed by atoms with Crippen molar-refractivity contribution in [3.8, 4) is 0 Å². The molecule has 0 aliphatic carbocycles. The average Bonchev–Trinajstić information content (AvgIpc) is 2.31. The zero-order valence-corrected chi connectivity index (χ0v) is 10.8. The molecule has 18 heavy (non-hydrogen) atoms. The van der Waals surface area contributed by atoms with E-state index in [0.717, 1.165) is 0 Å². The first-order valence-corrected chi connectivity index (χ1v) is 5.73. The number of amides is 1. The van der Waals surface area contributed by atoms with Gasteiger partial charge in [-0.3, -0.25) is 14.9 Å². The minimum absolute atomic E-state index is 0.0428. The monoisotopic (exact) mass is 271 g/mol. The molecule has 1 rings (SSSR count). The summed E-state index contributed by atoms with van der Waals surface area (Å²) in [7, 11) is 1.75. The zero-order valence-electron chi connectivity index (χ0n) is 10.1. The average molecular weight is 272 g/mol. The van der Waals surface area contributed by atoms with Gasteiger partial charge >= 0.3 is 0 Å². The summed E-state index contributed by atoms with van der Waals surface area (Å²) in [6.07, 6.45) is 0. The fourth-order valence-corrected chi connectivity index (χ4v) is 1.58. The van der Waals surface area contributed by atoms with Crippen molar-refractivity contribution >= 4 is 28.9 Å². The first kappa shape index (κ1) is 14.4. The Morgan fingerprint density at radius 2 is 2.22 bits per heavy atom. The van der Waals surface area contributed by atoms with E-state index in [1.165, 1.54) is 18.2 Å². The Balaban J connectivity index is 2.82. The molecule has 0 fully saturated rings. The molecular formula is C11H14ClN3O3. The Morgan fingerprint density at radius 3 is 2.78 bits per heavy atom. The van der Waals surface area contributed by atoms with Gasteiger partial charge in [-0.15, -0.1) is 0 Å². The number of nitrogens with one attached hydrogen (secondary N) is 2. The Morgan fingerprint density at radius 1 is 1.56 bits per heavy atom. The van der Waals surface area contributed by atoms with E-state index in [1.807, 2.05) is 0 Å². The third kappa shape index (κ3) is 3.68. The van der Waals surface area contributed by atoms with Gasteiger partial charge in [-0.2, -0.15) is 0 Å². The van der Waals surface area contributed by atoms with E-state index >= 15 is 0 Å². The molecule has 1 unspecified atom stereocenters. The molecule has 0 saturated carbocycles. The van der Waals surface area contributed by atoms with Crippen molar-refractivity contribution in [2.24, 2.45) is 5.92 Å². The molecule has 0 bridgehead atoms. The highest BCUT2D eigenvalue weighted by atomic mass is 35.5. The van der Waals surface area contributed by atoms with E-state index in [2.05, 4.69) is 10.6 Å². The SMILES string of the molecule is CNCC(C)C(=O)Nc1ccc(Cl)c([N+](=O)[O-])c1. The second-order valence-electron chi connectivity index (χ2n) is 3.87. The standard InChI is InChI=1S/C11H14ClN3O3/c1-7(6-13-2)11(16)14-8-3-4-9(12)10(5-8)15(17)18/h3-5,7,13H,6H2,1-2H3,(H,14,16). The van der Waals surface area contributed by atoms with Crippen LogP contribution in [0.3, 0.4) is 0 Å². The highest BCUT2D eigenvalue weighted by molar-refractivity contribution is 6.32. The van der Waals surface area contributed by atoms with Crippen molar-refractivity contribution in [1.29, 1.82) is 0 Å². The first-order valence-electron chi connectivity index (χ1n) is 5.35. The maximum atomic E-state index is 11.7. The molecule has 1 aromatic rings. The zero-order chi connectivity index (χ0) is 13.7. The predicted molar refractivity (Wildman–Crippen MR) is 69.8 cm³/mol. The van der Waals surface area contributed by atoms with Crippen LogP contribution in [-0.2, 0) is 4.79 Å². The van der Waals surface area contributed by atoms with Crippen LogP contribution in [0, 0.1) is 16.0 Å². The fraction of sp³-hybridized carbons (Fsp3) is 0.364. The number of hydrogen-bond donors (Lipinski definition) is 2. The number of carbonyl (C=O) groups excluding carboxylic acids is 1. The second-order valence-corrected chi connectivity index (χ2v) is 4.28. The van der Waals surface area contributed by atoms with Crippen molar-refractivity contribution < 1.29 is 9.72 Å². The Kier molecular flexibility index (Phi) is 5.06. The number of halogens is 1. The lowest BCUT2D eigenvalue weighted by molar-refractivity contribution is -0.384. The molecule has 0 heterocycles. The number of carbonyl (C=O) groups is 1. The molecule has 0 radical (unpaired) electrons. The van der Waals surface area contributed by atoms with Crippen LogP contribution in [0.15, 0.2) is 18.2 Å². The minimum Gasteiger partial charge on any atom is -0.326 e. The van der Waals surface area contributed by atoms with E-state index in [4.69, 9.17) is 11.6 Å². The summed E-state index contributed by atoms with van der Waals surface area (Å²) in [5.41, 5.74) is 0.134. The van der Waals surface area contributed by atoms with Crippen LogP contribution in [0.2, 0.25) is 5.02 Å². The smallest absolute Gasteiger partial charge is 0.289 e. The van der Waals surface area contributed by atoms with Crippen LogP contribution < -0.4 is 10.6 Å². The first-order chi connectivity index (χ1) is 8.45. The summed E-state index contributed by atoms with van der Waals surface area (Å²) in [6, 6.07) is 4.16. The van der Waals surface area contributed by atoms with Crippen LogP contribution in [0.25, 0.3) is 0 Å². The molecule has 0 aromatic heterocycles. The van der Waals surface area contributed by atoms with Crippen LogP contribution in [-0.4, -0.2) is 24.4 Å². The molecule has 7 heteroatoms. The largest absolute Gasteiger partial charge is 0.326 e. The van der Waals surface area contributed by atoms with Crippen LogP contribution >= 0.6 is 11.6 Å². The lowest BCUT2D eigenvalue weighted by atomic mass is 10.1. The van der Waals surface area contributed by atoms with Gasteiger partial charge in [0.25, 0.3) is 5.69 Å². The molecule has 6 nitrogen and oxygen atoms in total. The van der Waals surface area contributed by atoms with E-state index in [0.29, 0.717) is 12.2 Å². The second kappa shape index (κ2) is 6.32. The minimum atomic E-state index is -0.588. The van der Waals surface area contributed by atoms with Gasteiger partial charge in [0, 0.05) is 24.2 Å². The highest BCUT2D eigenvalue weighted by Gasteiger charge is 2.16. The van der Waals surface area contributed by atoms with Crippen molar-refractivity contribution in [3.63, 3.8) is 0 Å². The summed E-state index contributed by atoms with van der Waals surface area (Å²) in [5, 5.41) is 16.2. The summed E-state index contributed by atoms with van der Waals surface area (Å²) in [6.45, 7) is 2.29. The van der Waals surface area contributed by atoms with E-state index in [-0.39, 0.29) is 22.5 Å². The Bertz CT molecular complexity index is 465. The predicted octanol–water partition coefficient (Wildman–Crippen LogP) is 2.04. The van der Waals surface area contributed by atoms with Gasteiger partial charge < -0.3 is 10.6 Å². The highest BCUT2D eigenvalue weighted by Crippen LogP contribution is 2.27. The molecular weight excluding hydrogens is 258 g/mol. The molecule has 98 valence electrons. The third-order valence-electron chi connectivity index (χ3n) is 2.37. The number of nitrogens with zero attached hydrogens (tertiary/aromatic N) is 1. The maximum absolute atomic E-state index is 11.7. The Labute approximate surface area is 109 Å². The normalized spacial score (nSPS) is 11.9. The topological polar surface area (TPSA) is 84.3 Å². The van der Waals surface area contributed by atoms with Gasteiger partial charge in [0.1, 0.15) is 5.02 Å². The summed E-state index contributed by atoms with van der Waals surface area (Å²) >= 11 is 5.68. The molecule has 0 aliphatic heterocycles. The number of nitro benzene ring substituents is 1. The number of hydrogen-bond acceptors (Lipinski definition) is 4. The molecule has 0 aliphatic rings. The van der Waals surface area contributed by atoms with Crippen molar-refractivity contribution in [1.82, 2.24) is 5.32 Å². The van der Waals surface area contributed by atoms with Gasteiger partial charge in [0.2, 0.25) is 5.91 Å². The molecule has 0 saturated heterocycles. The van der Waals surface area contributed by atoms with Crippen LogP contribution in [0.1, 0.15) is 6.92 Å². The van der Waals surface area contributed by atoms with Gasteiger partial charge in [-0.1, -0.05) is 18.5 Å². The fourth-order valence-electron chi connectivity index (χ4n) is 1.39. The van der Waals surface area contributed by atoms with Crippen molar-refractivity contribution in [2.75, 3.05) is 18.9 Å². The molecule has 1 aromatic carbocycles. The summed E-state index contributed by atoms with van der Waals surface area (Å²) in [4.78, 5) is 21.8. The van der Waals surface area contributed by atoms with E-state index < -0.39 is 4.92 Å². The maximum Gasteiger partial charge on any atom is 0.289 e. The molecule has 0 spiro atoms. The quantitative estimate of drug-likeness (QED) is 0.634. The molecule has 2 N–H and O–H groups in total. The van der Waals surface area contributed by atoms with Crippen molar-refractivity contribution in [2.45, 2.75) is 6.92 Å². The number of nitro groups is 1. The third-order valence-corrected chi connectivity index (χ3v) is 2.69. The number of benzene rings is 1. The Hall–Kier alpha value is -1.66. The van der Waals surface area contributed by atoms with Gasteiger partial charge in [0.15, 0.2) is 0 Å². The van der Waals surface area contributed by atoms with Crippen molar-refractivity contribution in [3.05, 3.63) is 33.3 Å². The van der Waals surface area contributed by atoms with Gasteiger partial charge in [-0.25, -0.2) is 0 Å². The summed E-state index contributed by atoms with van der Waals surface area (Å²) < 4.78 is 0. The summed E-state index contributed by atoms with van der Waals surface area (Å²) in [5.74, 6) is -0.439. The van der Waals surface area contributed by atoms with E-state index in [1.54, 1.807) is 14.0 Å². The lowest BCUT2D eigenvalue weighted by Gasteiger charge is -2.11.